The Morgan fingerprint density at radius 2 is 2.00 bits per heavy atom. The molecule has 2 aromatic rings. The van der Waals surface area contributed by atoms with Gasteiger partial charge in [-0.25, -0.2) is 0 Å². The van der Waals surface area contributed by atoms with Crippen molar-refractivity contribution < 1.29 is 4.92 Å². The third kappa shape index (κ3) is 3.08. The van der Waals surface area contributed by atoms with Crippen molar-refractivity contribution in [3.05, 3.63) is 68.2 Å². The Balaban J connectivity index is 2.20. The first kappa shape index (κ1) is 14.3. The standard InChI is InChI=1S/C15H15ClN2O2/c1-10-4-3-5-15(11(10)2)17-9-12-8-13(18(19)20)6-7-14(12)16/h3-8,17H,9H2,1-2H3. The normalized spacial score (nSPS) is 10.3. The fraction of sp³-hybridized carbons (Fsp3) is 0.200. The number of nitro groups is 1. The number of non-ortho nitro benzene ring substituents is 1. The lowest BCUT2D eigenvalue weighted by atomic mass is 10.1. The second kappa shape index (κ2) is 5.92. The average Bonchev–Trinajstić information content (AvgIpc) is 2.41. The van der Waals surface area contributed by atoms with E-state index in [1.54, 1.807) is 6.07 Å². The van der Waals surface area contributed by atoms with Crippen LogP contribution in [0.25, 0.3) is 0 Å². The van der Waals surface area contributed by atoms with Gasteiger partial charge in [0.1, 0.15) is 0 Å². The maximum Gasteiger partial charge on any atom is 0.269 e. The lowest BCUT2D eigenvalue weighted by molar-refractivity contribution is -0.384. The fourth-order valence-electron chi connectivity index (χ4n) is 1.94. The molecule has 0 saturated carbocycles. The van der Waals surface area contributed by atoms with Crippen LogP contribution >= 0.6 is 11.6 Å². The van der Waals surface area contributed by atoms with Gasteiger partial charge in [0.15, 0.2) is 0 Å². The zero-order valence-corrected chi connectivity index (χ0v) is 12.1. The van der Waals surface area contributed by atoms with Crippen LogP contribution in [0, 0.1) is 24.0 Å². The predicted octanol–water partition coefficient (Wildman–Crippen LogP) is 4.48. The van der Waals surface area contributed by atoms with Crippen molar-refractivity contribution in [1.82, 2.24) is 0 Å². The Labute approximate surface area is 122 Å². The molecular formula is C15H15ClN2O2. The van der Waals surface area contributed by atoms with Gasteiger partial charge in [-0.2, -0.15) is 0 Å². The van der Waals surface area contributed by atoms with Crippen LogP contribution in [0.3, 0.4) is 0 Å². The van der Waals surface area contributed by atoms with E-state index in [9.17, 15) is 10.1 Å². The molecule has 0 heterocycles. The molecule has 0 bridgehead atoms. The number of nitro benzene ring substituents is 1. The van der Waals surface area contributed by atoms with Gasteiger partial charge in [0, 0.05) is 29.4 Å². The van der Waals surface area contributed by atoms with Crippen LogP contribution in [0.1, 0.15) is 16.7 Å². The van der Waals surface area contributed by atoms with Gasteiger partial charge in [0.05, 0.1) is 4.92 Å². The number of nitrogens with one attached hydrogen (secondary N) is 1. The van der Waals surface area contributed by atoms with Crippen molar-refractivity contribution in [2.45, 2.75) is 20.4 Å². The van der Waals surface area contributed by atoms with Crippen molar-refractivity contribution in [3.8, 4) is 0 Å². The largest absolute Gasteiger partial charge is 0.381 e. The molecule has 0 aliphatic heterocycles. The second-order valence-corrected chi connectivity index (χ2v) is 5.04. The fourth-order valence-corrected chi connectivity index (χ4v) is 2.13. The Morgan fingerprint density at radius 1 is 1.25 bits per heavy atom. The van der Waals surface area contributed by atoms with Crippen LogP contribution in [0.15, 0.2) is 36.4 Å². The van der Waals surface area contributed by atoms with E-state index in [1.165, 1.54) is 17.7 Å². The summed E-state index contributed by atoms with van der Waals surface area (Å²) >= 11 is 6.08. The minimum absolute atomic E-state index is 0.0483. The minimum Gasteiger partial charge on any atom is -0.381 e. The molecule has 1 N–H and O–H groups in total. The minimum atomic E-state index is -0.419. The molecule has 0 atom stereocenters. The highest BCUT2D eigenvalue weighted by Crippen LogP contribution is 2.24. The van der Waals surface area contributed by atoms with Crippen LogP contribution in [-0.2, 0) is 6.54 Å². The number of benzene rings is 2. The summed E-state index contributed by atoms with van der Waals surface area (Å²) in [6.07, 6.45) is 0. The van der Waals surface area contributed by atoms with Gasteiger partial charge in [-0.1, -0.05) is 23.7 Å². The molecule has 0 saturated heterocycles. The number of hydrogen-bond donors (Lipinski definition) is 1. The summed E-state index contributed by atoms with van der Waals surface area (Å²) in [7, 11) is 0. The van der Waals surface area contributed by atoms with Gasteiger partial charge in [-0.3, -0.25) is 10.1 Å². The van der Waals surface area contributed by atoms with E-state index >= 15 is 0 Å². The summed E-state index contributed by atoms with van der Waals surface area (Å²) in [5.74, 6) is 0. The van der Waals surface area contributed by atoms with E-state index in [4.69, 9.17) is 11.6 Å². The van der Waals surface area contributed by atoms with Crippen LogP contribution < -0.4 is 5.32 Å². The van der Waals surface area contributed by atoms with E-state index in [1.807, 2.05) is 32.0 Å². The van der Waals surface area contributed by atoms with Crippen LogP contribution in [-0.4, -0.2) is 4.92 Å². The number of anilines is 1. The Bertz CT molecular complexity index is 656. The molecule has 0 spiro atoms. The van der Waals surface area contributed by atoms with Crippen LogP contribution in [0.2, 0.25) is 5.02 Å². The molecule has 0 unspecified atom stereocenters. The Kier molecular flexibility index (Phi) is 4.25. The van der Waals surface area contributed by atoms with Gasteiger partial charge in [-0.05, 0) is 42.7 Å². The smallest absolute Gasteiger partial charge is 0.269 e. The highest BCUT2D eigenvalue weighted by Gasteiger charge is 2.10. The number of hydrogen-bond acceptors (Lipinski definition) is 3. The van der Waals surface area contributed by atoms with Crippen molar-refractivity contribution in [1.29, 1.82) is 0 Å². The zero-order chi connectivity index (χ0) is 14.7. The lowest BCUT2D eigenvalue weighted by Crippen LogP contribution is -2.03. The van der Waals surface area contributed by atoms with Gasteiger partial charge in [0.2, 0.25) is 0 Å². The van der Waals surface area contributed by atoms with Gasteiger partial charge in [0.25, 0.3) is 5.69 Å². The van der Waals surface area contributed by atoms with E-state index < -0.39 is 4.92 Å². The third-order valence-corrected chi connectivity index (χ3v) is 3.68. The van der Waals surface area contributed by atoms with Crippen molar-refractivity contribution in [2.24, 2.45) is 0 Å². The summed E-state index contributed by atoms with van der Waals surface area (Å²) in [5.41, 5.74) is 4.12. The van der Waals surface area contributed by atoms with E-state index in [0.29, 0.717) is 17.1 Å². The first-order valence-electron chi connectivity index (χ1n) is 6.22. The zero-order valence-electron chi connectivity index (χ0n) is 11.3. The highest BCUT2D eigenvalue weighted by atomic mass is 35.5. The molecule has 0 aliphatic carbocycles. The number of nitrogens with zero attached hydrogens (tertiary/aromatic N) is 1. The van der Waals surface area contributed by atoms with Gasteiger partial charge in [-0.15, -0.1) is 0 Å². The summed E-state index contributed by atoms with van der Waals surface area (Å²) in [6.45, 7) is 4.53. The van der Waals surface area contributed by atoms with E-state index in [-0.39, 0.29) is 5.69 Å². The second-order valence-electron chi connectivity index (χ2n) is 4.63. The molecule has 2 rings (SSSR count). The molecule has 5 heteroatoms. The number of rotatable bonds is 4. The maximum atomic E-state index is 10.8. The van der Waals surface area contributed by atoms with E-state index in [0.717, 1.165) is 11.3 Å². The van der Waals surface area contributed by atoms with Crippen molar-refractivity contribution in [3.63, 3.8) is 0 Å². The average molecular weight is 291 g/mol. The molecule has 104 valence electrons. The van der Waals surface area contributed by atoms with Gasteiger partial charge < -0.3 is 5.32 Å². The van der Waals surface area contributed by atoms with Crippen LogP contribution in [0.4, 0.5) is 11.4 Å². The van der Waals surface area contributed by atoms with E-state index in [2.05, 4.69) is 5.32 Å². The summed E-state index contributed by atoms with van der Waals surface area (Å²) < 4.78 is 0. The Hall–Kier alpha value is -2.07. The third-order valence-electron chi connectivity index (χ3n) is 3.31. The highest BCUT2D eigenvalue weighted by molar-refractivity contribution is 6.31. The van der Waals surface area contributed by atoms with Crippen molar-refractivity contribution >= 4 is 23.0 Å². The molecule has 0 aliphatic rings. The van der Waals surface area contributed by atoms with Crippen LogP contribution in [0.5, 0.6) is 0 Å². The number of halogens is 1. The molecule has 0 amide bonds. The van der Waals surface area contributed by atoms with Gasteiger partial charge >= 0.3 is 0 Å². The molecule has 4 nitrogen and oxygen atoms in total. The summed E-state index contributed by atoms with van der Waals surface area (Å²) in [5, 5.41) is 14.6. The quantitative estimate of drug-likeness (QED) is 0.667. The lowest BCUT2D eigenvalue weighted by Gasteiger charge is -2.12. The topological polar surface area (TPSA) is 55.2 Å². The molecule has 0 fully saturated rings. The molecule has 2 aromatic carbocycles. The number of aryl methyl sites for hydroxylation is 1. The molecule has 20 heavy (non-hydrogen) atoms. The monoisotopic (exact) mass is 290 g/mol. The van der Waals surface area contributed by atoms with Crippen molar-refractivity contribution in [2.75, 3.05) is 5.32 Å². The SMILES string of the molecule is Cc1cccc(NCc2cc([N+](=O)[O-])ccc2Cl)c1C. The first-order chi connectivity index (χ1) is 9.49. The molecule has 0 radical (unpaired) electrons. The maximum absolute atomic E-state index is 10.8. The summed E-state index contributed by atoms with van der Waals surface area (Å²) in [4.78, 5) is 10.4. The molecule has 0 aromatic heterocycles. The Morgan fingerprint density at radius 3 is 2.70 bits per heavy atom. The molecular weight excluding hydrogens is 276 g/mol. The first-order valence-corrected chi connectivity index (χ1v) is 6.59. The predicted molar refractivity (Wildman–Crippen MR) is 81.3 cm³/mol. The summed E-state index contributed by atoms with van der Waals surface area (Å²) in [6, 6.07) is 10.5.